The molecular formula is C8H14O4P3Y-. The first kappa shape index (κ1) is 16.0. The zero-order valence-corrected chi connectivity index (χ0v) is 15.0. The first-order valence-corrected chi connectivity index (χ1v) is 9.38. The topological polar surface area (TPSA) is 44.8 Å². The molecule has 2 fully saturated rings. The Kier molecular flexibility index (Phi) is 6.40. The first-order chi connectivity index (χ1) is 7.02. The van der Waals surface area contributed by atoms with Crippen LogP contribution in [0, 0.1) is 6.61 Å². The van der Waals surface area contributed by atoms with Gasteiger partial charge in [-0.05, 0) is 20.0 Å². The first-order valence-electron chi connectivity index (χ1n) is 4.72. The average molecular weight is 356 g/mol. The third-order valence-corrected chi connectivity index (χ3v) is 5.93. The molecule has 0 bridgehead atoms. The average Bonchev–Trinajstić information content (AvgIpc) is 2.63. The van der Waals surface area contributed by atoms with Crippen LogP contribution in [0.15, 0.2) is 0 Å². The Morgan fingerprint density at radius 3 is 2.81 bits per heavy atom. The summed E-state index contributed by atoms with van der Waals surface area (Å²) in [5.74, 6) is -0.535. The van der Waals surface area contributed by atoms with Crippen LogP contribution in [-0.2, 0) is 51.5 Å². The number of hydrogen-bond donors (Lipinski definition) is 0. The molecule has 4 nitrogen and oxygen atoms in total. The summed E-state index contributed by atoms with van der Waals surface area (Å²) in [6.07, 6.45) is 0.596. The van der Waals surface area contributed by atoms with E-state index in [1.807, 2.05) is 13.8 Å². The van der Waals surface area contributed by atoms with E-state index in [4.69, 9.17) is 14.2 Å². The van der Waals surface area contributed by atoms with Gasteiger partial charge < -0.3 is 14.2 Å². The summed E-state index contributed by atoms with van der Waals surface area (Å²) in [5, 5.41) is 0. The van der Waals surface area contributed by atoms with Gasteiger partial charge in [0.2, 0.25) is 0 Å². The standard InChI is InChI=1S/C8H14O4P3.Y/c1-8(2)11-5-3-10-6(7(5)12-8)4-15(13)14-9;/h3,5-7H,4,13H2,1-2H3;/q-1;/t5?,6-,7?,15?;/m1./s1. The summed E-state index contributed by atoms with van der Waals surface area (Å²) in [6.45, 7) is 5.48. The van der Waals surface area contributed by atoms with Gasteiger partial charge in [0.15, 0.2) is 13.9 Å². The van der Waals surface area contributed by atoms with E-state index in [0.717, 1.165) is 6.16 Å². The SMILES string of the molecule is CC1(C)OC2[CH-]O[C@H](CP(P)P=O)C2O1.[Y]. The maximum atomic E-state index is 10.7. The molecule has 0 aromatic carbocycles. The second-order valence-electron chi connectivity index (χ2n) is 4.08. The van der Waals surface area contributed by atoms with Gasteiger partial charge >= 0.3 is 0 Å². The van der Waals surface area contributed by atoms with Crippen molar-refractivity contribution in [2.24, 2.45) is 0 Å². The minimum absolute atomic E-state index is 0. The zero-order valence-electron chi connectivity index (χ0n) is 9.20. The Labute approximate surface area is 126 Å². The van der Waals surface area contributed by atoms with Gasteiger partial charge in [-0.2, -0.15) is 6.61 Å². The van der Waals surface area contributed by atoms with Crippen LogP contribution >= 0.6 is 24.4 Å². The molecule has 89 valence electrons. The van der Waals surface area contributed by atoms with Crippen molar-refractivity contribution in [3.8, 4) is 0 Å². The van der Waals surface area contributed by atoms with Crippen molar-refractivity contribution in [3.63, 3.8) is 0 Å². The Morgan fingerprint density at radius 2 is 2.19 bits per heavy atom. The molecule has 0 N–H and O–H groups in total. The molecule has 16 heavy (non-hydrogen) atoms. The van der Waals surface area contributed by atoms with Gasteiger partial charge in [-0.3, -0.25) is 4.57 Å². The molecular weight excluding hydrogens is 342 g/mol. The fourth-order valence-electron chi connectivity index (χ4n) is 1.83. The van der Waals surface area contributed by atoms with Crippen molar-refractivity contribution in [3.05, 3.63) is 6.61 Å². The predicted octanol–water partition coefficient (Wildman–Crippen LogP) is 2.54. The molecule has 2 aliphatic rings. The Morgan fingerprint density at radius 1 is 1.50 bits per heavy atom. The van der Waals surface area contributed by atoms with Crippen LogP contribution in [0.2, 0.25) is 0 Å². The minimum Gasteiger partial charge on any atom is -0.545 e. The van der Waals surface area contributed by atoms with Gasteiger partial charge in [0.05, 0.1) is 12.2 Å². The summed E-state index contributed by atoms with van der Waals surface area (Å²) in [7, 11) is 2.19. The van der Waals surface area contributed by atoms with Crippen molar-refractivity contribution in [2.75, 3.05) is 6.16 Å². The number of fused-ring (bicyclic) bond motifs is 1. The molecule has 5 atom stereocenters. The van der Waals surface area contributed by atoms with E-state index in [1.54, 1.807) is 6.61 Å². The largest absolute Gasteiger partial charge is 0.545 e. The second kappa shape index (κ2) is 6.40. The maximum absolute atomic E-state index is 10.7. The summed E-state index contributed by atoms with van der Waals surface area (Å²) in [4.78, 5) is 0. The molecule has 0 saturated carbocycles. The van der Waals surface area contributed by atoms with Crippen molar-refractivity contribution < 1.29 is 51.5 Å². The van der Waals surface area contributed by atoms with Gasteiger partial charge in [-0.25, -0.2) is 0 Å². The summed E-state index contributed by atoms with van der Waals surface area (Å²) in [6, 6.07) is 0. The molecule has 0 amide bonds. The molecule has 0 aromatic heterocycles. The summed E-state index contributed by atoms with van der Waals surface area (Å²) < 4.78 is 27.5. The second-order valence-corrected chi connectivity index (χ2v) is 10.7. The van der Waals surface area contributed by atoms with Crippen LogP contribution in [0.4, 0.5) is 0 Å². The van der Waals surface area contributed by atoms with E-state index < -0.39 is 13.1 Å². The van der Waals surface area contributed by atoms with E-state index in [1.165, 1.54) is 0 Å². The summed E-state index contributed by atoms with van der Waals surface area (Å²) >= 11 is 0. The number of rotatable bonds is 3. The van der Waals surface area contributed by atoms with Crippen molar-refractivity contribution in [2.45, 2.75) is 37.9 Å². The van der Waals surface area contributed by atoms with Crippen LogP contribution in [-0.4, -0.2) is 30.3 Å². The van der Waals surface area contributed by atoms with Crippen LogP contribution in [0.3, 0.4) is 0 Å². The maximum Gasteiger partial charge on any atom is 0.185 e. The van der Waals surface area contributed by atoms with Gasteiger partial charge in [-0.15, -0.1) is 0 Å². The number of hydrogen-bond acceptors (Lipinski definition) is 4. The number of ether oxygens (including phenoxy) is 3. The fraction of sp³-hybridized carbons (Fsp3) is 0.875. The van der Waals surface area contributed by atoms with Crippen molar-refractivity contribution >= 4 is 24.4 Å². The molecule has 2 heterocycles. The molecule has 4 unspecified atom stereocenters. The van der Waals surface area contributed by atoms with E-state index in [0.29, 0.717) is 0 Å². The molecule has 0 aromatic rings. The van der Waals surface area contributed by atoms with Gasteiger partial charge in [0.1, 0.15) is 0 Å². The van der Waals surface area contributed by atoms with Crippen LogP contribution in [0.25, 0.3) is 0 Å². The van der Waals surface area contributed by atoms with Gasteiger partial charge in [-0.1, -0.05) is 8.93 Å². The smallest absolute Gasteiger partial charge is 0.185 e. The molecule has 2 saturated heterocycles. The van der Waals surface area contributed by atoms with E-state index in [-0.39, 0.29) is 59.2 Å². The van der Waals surface area contributed by atoms with Crippen LogP contribution in [0.5, 0.6) is 0 Å². The van der Waals surface area contributed by atoms with Crippen LogP contribution < -0.4 is 0 Å². The zero-order chi connectivity index (χ0) is 11.1. The van der Waals surface area contributed by atoms with Gasteiger partial charge in [0, 0.05) is 46.2 Å². The normalized spacial score (nSPS) is 38.1. The molecule has 1 radical (unpaired) electrons. The monoisotopic (exact) mass is 356 g/mol. The molecule has 8 heteroatoms. The third-order valence-electron chi connectivity index (χ3n) is 2.39. The minimum atomic E-state index is -0.591. The Bertz CT molecular complexity index is 266. The summed E-state index contributed by atoms with van der Waals surface area (Å²) in [5.41, 5.74) is 0. The predicted molar refractivity (Wildman–Crippen MR) is 62.1 cm³/mol. The quantitative estimate of drug-likeness (QED) is 0.576. The van der Waals surface area contributed by atoms with E-state index in [9.17, 15) is 4.57 Å². The van der Waals surface area contributed by atoms with Crippen LogP contribution in [0.1, 0.15) is 13.8 Å². The molecule has 0 aliphatic carbocycles. The van der Waals surface area contributed by atoms with E-state index >= 15 is 0 Å². The molecule has 0 spiro atoms. The van der Waals surface area contributed by atoms with Gasteiger partial charge in [0.25, 0.3) is 0 Å². The Balaban J connectivity index is 0.00000128. The van der Waals surface area contributed by atoms with Crippen molar-refractivity contribution in [1.82, 2.24) is 0 Å². The Hall–Kier alpha value is 1.94. The van der Waals surface area contributed by atoms with Crippen molar-refractivity contribution in [1.29, 1.82) is 0 Å². The molecule has 2 rings (SSSR count). The third kappa shape index (κ3) is 3.72. The van der Waals surface area contributed by atoms with E-state index in [2.05, 4.69) is 8.93 Å². The molecule has 2 aliphatic heterocycles. The fourth-order valence-corrected chi connectivity index (χ4v) is 3.87.